The minimum Gasteiger partial charge on any atom is -0.493 e. The van der Waals surface area contributed by atoms with Crippen molar-refractivity contribution in [3.05, 3.63) is 12.3 Å². The molecule has 1 aliphatic rings. The van der Waals surface area contributed by atoms with Crippen molar-refractivity contribution in [1.82, 2.24) is 5.01 Å². The van der Waals surface area contributed by atoms with Crippen LogP contribution < -0.4 is 11.6 Å². The number of hydrazine groups is 1. The first-order valence-corrected chi connectivity index (χ1v) is 2.44. The van der Waals surface area contributed by atoms with Crippen LogP contribution in [0.2, 0.25) is 0 Å². The first kappa shape index (κ1) is 6.06. The Kier molecular flexibility index (Phi) is 1.37. The number of aliphatic imine (C=N–C) groups is 1. The number of hydrogen-bond acceptors (Lipinski definition) is 4. The van der Waals surface area contributed by atoms with E-state index in [0.717, 1.165) is 0 Å². The fourth-order valence-corrected chi connectivity index (χ4v) is 0.486. The SMILES string of the molecule is NC1N=C(O)C=CN1N. The lowest BCUT2D eigenvalue weighted by atomic mass is 10.5. The molecule has 5 N–H and O–H groups in total. The maximum Gasteiger partial charge on any atom is 0.210 e. The second-order valence-corrected chi connectivity index (χ2v) is 1.66. The van der Waals surface area contributed by atoms with Crippen molar-refractivity contribution >= 4 is 5.90 Å². The van der Waals surface area contributed by atoms with Crippen LogP contribution in [-0.4, -0.2) is 22.3 Å². The van der Waals surface area contributed by atoms with Crippen LogP contribution in [0.4, 0.5) is 0 Å². The lowest BCUT2D eigenvalue weighted by molar-refractivity contribution is 0.288. The molecule has 0 spiro atoms. The number of rotatable bonds is 0. The molecule has 1 rings (SSSR count). The summed E-state index contributed by atoms with van der Waals surface area (Å²) >= 11 is 0. The Morgan fingerprint density at radius 1 is 1.78 bits per heavy atom. The number of aliphatic hydroxyl groups is 1. The standard InChI is InChI=1S/C4H8N4O/c5-4-7-3(9)1-2-8(4)6/h1-2,4H,5-6H2,(H,7,9). The molecule has 1 heterocycles. The minimum absolute atomic E-state index is 0.0933. The summed E-state index contributed by atoms with van der Waals surface area (Å²) in [6, 6.07) is 0. The van der Waals surface area contributed by atoms with E-state index in [-0.39, 0.29) is 5.90 Å². The van der Waals surface area contributed by atoms with Gasteiger partial charge in [0.1, 0.15) is 0 Å². The monoisotopic (exact) mass is 128 g/mol. The molecule has 1 unspecified atom stereocenters. The molecule has 9 heavy (non-hydrogen) atoms. The predicted molar refractivity (Wildman–Crippen MR) is 33.2 cm³/mol. The summed E-state index contributed by atoms with van der Waals surface area (Å²) in [5.74, 6) is 5.15. The molecule has 0 fully saturated rings. The first-order chi connectivity index (χ1) is 4.20. The van der Waals surface area contributed by atoms with E-state index in [1.807, 2.05) is 0 Å². The van der Waals surface area contributed by atoms with Gasteiger partial charge in [-0.15, -0.1) is 0 Å². The van der Waals surface area contributed by atoms with E-state index in [1.165, 1.54) is 17.3 Å². The summed E-state index contributed by atoms with van der Waals surface area (Å²) in [5.41, 5.74) is 5.27. The van der Waals surface area contributed by atoms with Gasteiger partial charge in [-0.05, 0) is 0 Å². The molecule has 50 valence electrons. The first-order valence-electron chi connectivity index (χ1n) is 2.44. The van der Waals surface area contributed by atoms with Crippen molar-refractivity contribution in [2.45, 2.75) is 6.29 Å². The van der Waals surface area contributed by atoms with Crippen LogP contribution in [0.25, 0.3) is 0 Å². The van der Waals surface area contributed by atoms with Gasteiger partial charge in [-0.1, -0.05) is 0 Å². The average molecular weight is 128 g/mol. The molecule has 1 atom stereocenters. The Hall–Kier alpha value is -1.07. The zero-order chi connectivity index (χ0) is 6.85. The van der Waals surface area contributed by atoms with Gasteiger partial charge in [0, 0.05) is 12.3 Å². The van der Waals surface area contributed by atoms with E-state index in [1.54, 1.807) is 0 Å². The lowest BCUT2D eigenvalue weighted by Crippen LogP contribution is -2.43. The molecule has 0 aromatic carbocycles. The fourth-order valence-electron chi connectivity index (χ4n) is 0.486. The van der Waals surface area contributed by atoms with Crippen LogP contribution in [-0.2, 0) is 0 Å². The van der Waals surface area contributed by atoms with Crippen LogP contribution in [0.5, 0.6) is 0 Å². The van der Waals surface area contributed by atoms with Gasteiger partial charge in [0.05, 0.1) is 0 Å². The van der Waals surface area contributed by atoms with Crippen molar-refractivity contribution < 1.29 is 5.11 Å². The Labute approximate surface area is 52.2 Å². The summed E-state index contributed by atoms with van der Waals surface area (Å²) in [5, 5.41) is 9.89. The zero-order valence-electron chi connectivity index (χ0n) is 4.73. The number of hydrogen-bond donors (Lipinski definition) is 3. The zero-order valence-corrected chi connectivity index (χ0v) is 4.73. The highest BCUT2D eigenvalue weighted by atomic mass is 16.3. The Balaban J connectivity index is 2.70. The molecular weight excluding hydrogens is 120 g/mol. The molecule has 0 saturated carbocycles. The van der Waals surface area contributed by atoms with Gasteiger partial charge in [-0.25, -0.2) is 10.8 Å². The highest BCUT2D eigenvalue weighted by Gasteiger charge is 2.08. The predicted octanol–water partition coefficient (Wildman–Crippen LogP) is -1.11. The maximum absolute atomic E-state index is 8.70. The fraction of sp³-hybridized carbons (Fsp3) is 0.250. The van der Waals surface area contributed by atoms with Crippen LogP contribution in [0.1, 0.15) is 0 Å². The molecule has 0 amide bonds. The van der Waals surface area contributed by atoms with E-state index in [0.29, 0.717) is 0 Å². The number of nitrogens with zero attached hydrogens (tertiary/aromatic N) is 2. The van der Waals surface area contributed by atoms with E-state index >= 15 is 0 Å². The molecule has 5 heteroatoms. The minimum atomic E-state index is -0.657. The number of nitrogens with two attached hydrogens (primary N) is 2. The Morgan fingerprint density at radius 3 is 2.89 bits per heavy atom. The molecular formula is C4H8N4O. The van der Waals surface area contributed by atoms with Crippen LogP contribution in [0, 0.1) is 0 Å². The van der Waals surface area contributed by atoms with Gasteiger partial charge in [-0.2, -0.15) is 0 Å². The largest absolute Gasteiger partial charge is 0.493 e. The van der Waals surface area contributed by atoms with Crippen LogP contribution in [0.15, 0.2) is 17.3 Å². The van der Waals surface area contributed by atoms with Gasteiger partial charge >= 0.3 is 0 Å². The normalized spacial score (nSPS) is 26.2. The average Bonchev–Trinajstić information content (AvgIpc) is 1.80. The third-order valence-electron chi connectivity index (χ3n) is 0.966. The number of aliphatic hydroxyl groups excluding tert-OH is 1. The van der Waals surface area contributed by atoms with Gasteiger partial charge in [0.15, 0.2) is 6.29 Å². The third-order valence-corrected chi connectivity index (χ3v) is 0.966. The Morgan fingerprint density at radius 2 is 2.44 bits per heavy atom. The summed E-state index contributed by atoms with van der Waals surface area (Å²) in [4.78, 5) is 3.53. The summed E-state index contributed by atoms with van der Waals surface area (Å²) in [6.45, 7) is 0. The topological polar surface area (TPSA) is 87.9 Å². The lowest BCUT2D eigenvalue weighted by Gasteiger charge is -2.20. The van der Waals surface area contributed by atoms with E-state index < -0.39 is 6.29 Å². The van der Waals surface area contributed by atoms with E-state index in [2.05, 4.69) is 4.99 Å². The molecule has 1 aliphatic heterocycles. The van der Waals surface area contributed by atoms with E-state index in [9.17, 15) is 0 Å². The smallest absolute Gasteiger partial charge is 0.210 e. The summed E-state index contributed by atoms with van der Waals surface area (Å²) in [6.07, 6.45) is 2.16. The summed E-state index contributed by atoms with van der Waals surface area (Å²) in [7, 11) is 0. The highest BCUT2D eigenvalue weighted by Crippen LogP contribution is 1.95. The molecule has 0 bridgehead atoms. The molecule has 5 nitrogen and oxygen atoms in total. The van der Waals surface area contributed by atoms with Crippen molar-refractivity contribution in [3.8, 4) is 0 Å². The molecule has 0 radical (unpaired) electrons. The van der Waals surface area contributed by atoms with Gasteiger partial charge in [-0.3, -0.25) is 10.7 Å². The van der Waals surface area contributed by atoms with Gasteiger partial charge in [0.2, 0.25) is 5.90 Å². The molecule has 0 aliphatic carbocycles. The van der Waals surface area contributed by atoms with Gasteiger partial charge < -0.3 is 5.11 Å². The van der Waals surface area contributed by atoms with Crippen LogP contribution in [0.3, 0.4) is 0 Å². The second-order valence-electron chi connectivity index (χ2n) is 1.66. The van der Waals surface area contributed by atoms with Crippen LogP contribution >= 0.6 is 0 Å². The molecule has 0 saturated heterocycles. The quantitative estimate of drug-likeness (QED) is 0.361. The molecule has 0 aromatic rings. The second kappa shape index (κ2) is 2.04. The van der Waals surface area contributed by atoms with Crippen molar-refractivity contribution in [2.24, 2.45) is 16.6 Å². The van der Waals surface area contributed by atoms with Crippen molar-refractivity contribution in [1.29, 1.82) is 0 Å². The van der Waals surface area contributed by atoms with E-state index in [4.69, 9.17) is 16.7 Å². The Bertz CT molecular complexity index is 164. The highest BCUT2D eigenvalue weighted by molar-refractivity contribution is 5.86. The molecule has 0 aromatic heterocycles. The maximum atomic E-state index is 8.70. The van der Waals surface area contributed by atoms with Crippen molar-refractivity contribution in [3.63, 3.8) is 0 Å². The third kappa shape index (κ3) is 1.18. The summed E-state index contributed by atoms with van der Waals surface area (Å²) < 4.78 is 0. The van der Waals surface area contributed by atoms with Crippen molar-refractivity contribution in [2.75, 3.05) is 0 Å². The van der Waals surface area contributed by atoms with Gasteiger partial charge in [0.25, 0.3) is 0 Å².